The molecule has 0 aliphatic heterocycles. The van der Waals surface area contributed by atoms with Crippen molar-refractivity contribution in [3.63, 3.8) is 0 Å². The monoisotopic (exact) mass is 431 g/mol. The van der Waals surface area contributed by atoms with Gasteiger partial charge in [-0.15, -0.1) is 0 Å². The lowest BCUT2D eigenvalue weighted by Gasteiger charge is -2.07. The fourth-order valence-corrected chi connectivity index (χ4v) is 4.40. The van der Waals surface area contributed by atoms with E-state index in [4.69, 9.17) is 18.0 Å². The Hall–Kier alpha value is -3.09. The van der Waals surface area contributed by atoms with Crippen molar-refractivity contribution in [3.05, 3.63) is 64.2 Å². The van der Waals surface area contributed by atoms with Crippen molar-refractivity contribution in [2.24, 2.45) is 4.99 Å². The molecule has 12 heteroatoms. The van der Waals surface area contributed by atoms with Crippen LogP contribution < -0.4 is 15.9 Å². The second-order valence-corrected chi connectivity index (χ2v) is 8.91. The van der Waals surface area contributed by atoms with Gasteiger partial charge in [-0.05, 0) is 48.6 Å². The lowest BCUT2D eigenvalue weighted by molar-refractivity contribution is 0.601. The lowest BCUT2D eigenvalue weighted by Crippen LogP contribution is -2.16. The van der Waals surface area contributed by atoms with E-state index in [1.54, 1.807) is 40.9 Å². The van der Waals surface area contributed by atoms with Gasteiger partial charge < -0.3 is 5.73 Å². The number of aromatic nitrogens is 4. The third-order valence-corrected chi connectivity index (χ3v) is 6.05. The second kappa shape index (κ2) is 7.14. The van der Waals surface area contributed by atoms with Gasteiger partial charge in [0.1, 0.15) is 11.6 Å². The van der Waals surface area contributed by atoms with E-state index < -0.39 is 10.0 Å². The van der Waals surface area contributed by atoms with E-state index in [1.807, 2.05) is 0 Å². The van der Waals surface area contributed by atoms with Gasteiger partial charge in [-0.25, -0.2) is 27.9 Å². The molecule has 28 heavy (non-hydrogen) atoms. The number of benzene rings is 1. The van der Waals surface area contributed by atoms with Crippen LogP contribution in [0.15, 0.2) is 64.6 Å². The van der Waals surface area contributed by atoms with Gasteiger partial charge in [0.05, 0.1) is 10.6 Å². The van der Waals surface area contributed by atoms with E-state index >= 15 is 0 Å². The molecule has 0 amide bonds. The smallest absolute Gasteiger partial charge is 0.263 e. The maximum Gasteiger partial charge on any atom is 0.263 e. The molecule has 9 nitrogen and oxygen atoms in total. The van der Waals surface area contributed by atoms with Crippen LogP contribution in [0.4, 0.5) is 17.3 Å². The zero-order valence-electron chi connectivity index (χ0n) is 14.1. The summed E-state index contributed by atoms with van der Waals surface area (Å²) in [7, 11) is -3.75. The Balaban J connectivity index is 1.69. The van der Waals surface area contributed by atoms with E-state index in [-0.39, 0.29) is 10.7 Å². The Morgan fingerprint density at radius 1 is 1.21 bits per heavy atom. The van der Waals surface area contributed by atoms with E-state index in [9.17, 15) is 8.42 Å². The number of sulfonamides is 1. The standard InChI is InChI=1S/C16H13N7O2S3/c17-12-9-14(23-15(20-12)27-16(26)21-23)19-10-4-6-11(7-5-10)28(24,25)22-13-3-1-2-8-18-13/h1-9H,17H2,(H,18,22)(H,21,26). The molecule has 0 aliphatic rings. The van der Waals surface area contributed by atoms with Gasteiger partial charge in [0.2, 0.25) is 4.96 Å². The molecule has 4 aromatic rings. The van der Waals surface area contributed by atoms with Crippen molar-refractivity contribution in [3.8, 4) is 0 Å². The number of fused-ring (bicyclic) bond motifs is 1. The molecule has 0 bridgehead atoms. The molecule has 0 atom stereocenters. The number of aromatic amines is 1. The Kier molecular flexibility index (Phi) is 4.66. The number of nitrogens with two attached hydrogens (primary N) is 1. The summed E-state index contributed by atoms with van der Waals surface area (Å²) in [5.74, 6) is 0.554. The number of hydrogen-bond donors (Lipinski definition) is 3. The molecule has 142 valence electrons. The summed E-state index contributed by atoms with van der Waals surface area (Å²) in [6.07, 6.45) is 1.51. The molecular formula is C16H13N7O2S3. The molecule has 0 radical (unpaired) electrons. The highest BCUT2D eigenvalue weighted by molar-refractivity contribution is 7.92. The molecular weight excluding hydrogens is 418 g/mol. The predicted molar refractivity (Wildman–Crippen MR) is 109 cm³/mol. The lowest BCUT2D eigenvalue weighted by atomic mass is 10.3. The number of H-pyrrole nitrogens is 1. The number of nitrogens with one attached hydrogen (secondary N) is 2. The zero-order valence-corrected chi connectivity index (χ0v) is 16.6. The van der Waals surface area contributed by atoms with Crippen molar-refractivity contribution in [2.45, 2.75) is 4.90 Å². The number of nitrogens with zero attached hydrogens (tertiary/aromatic N) is 4. The first-order valence-electron chi connectivity index (χ1n) is 7.88. The van der Waals surface area contributed by atoms with Gasteiger partial charge in [-0.1, -0.05) is 17.4 Å². The summed E-state index contributed by atoms with van der Waals surface area (Å²) < 4.78 is 29.5. The summed E-state index contributed by atoms with van der Waals surface area (Å²) in [5, 5.41) is 2.96. The van der Waals surface area contributed by atoms with Crippen LogP contribution in [0.25, 0.3) is 4.96 Å². The first-order valence-corrected chi connectivity index (χ1v) is 10.6. The van der Waals surface area contributed by atoms with Crippen molar-refractivity contribution >= 4 is 55.9 Å². The zero-order chi connectivity index (χ0) is 19.7. The van der Waals surface area contributed by atoms with Crippen molar-refractivity contribution < 1.29 is 8.42 Å². The van der Waals surface area contributed by atoms with E-state index in [2.05, 4.69) is 24.8 Å². The SMILES string of the molecule is Nc1cc(=Nc2ccc(S(=O)(=O)Nc3ccccn3)cc2)n2[nH]c(=S)sc2n1. The maximum absolute atomic E-state index is 12.5. The number of anilines is 2. The number of rotatable bonds is 4. The highest BCUT2D eigenvalue weighted by Gasteiger charge is 2.14. The Labute approximate surface area is 168 Å². The van der Waals surface area contributed by atoms with E-state index in [1.165, 1.54) is 29.7 Å². The topological polar surface area (TPSA) is 131 Å². The van der Waals surface area contributed by atoms with Crippen molar-refractivity contribution in [1.29, 1.82) is 0 Å². The fourth-order valence-electron chi connectivity index (χ4n) is 2.39. The van der Waals surface area contributed by atoms with Crippen LogP contribution in [0.3, 0.4) is 0 Å². The van der Waals surface area contributed by atoms with Crippen LogP contribution in [0, 0.1) is 3.95 Å². The average molecular weight is 432 g/mol. The van der Waals surface area contributed by atoms with Crippen LogP contribution >= 0.6 is 23.6 Å². The van der Waals surface area contributed by atoms with Gasteiger partial charge >= 0.3 is 0 Å². The van der Waals surface area contributed by atoms with E-state index in [0.717, 1.165) is 0 Å². The average Bonchev–Trinajstić information content (AvgIpc) is 3.03. The Morgan fingerprint density at radius 3 is 2.71 bits per heavy atom. The number of hydrogen-bond acceptors (Lipinski definition) is 8. The van der Waals surface area contributed by atoms with Crippen LogP contribution in [-0.4, -0.2) is 28.0 Å². The third kappa shape index (κ3) is 3.78. The predicted octanol–water partition coefficient (Wildman–Crippen LogP) is 2.46. The summed E-state index contributed by atoms with van der Waals surface area (Å²) in [6.45, 7) is 0. The normalized spacial score (nSPS) is 12.4. The van der Waals surface area contributed by atoms with Crippen molar-refractivity contribution in [1.82, 2.24) is 19.6 Å². The Bertz CT molecular complexity index is 1370. The van der Waals surface area contributed by atoms with Crippen LogP contribution in [0.1, 0.15) is 0 Å². The molecule has 3 aromatic heterocycles. The maximum atomic E-state index is 12.5. The molecule has 0 fully saturated rings. The molecule has 4 rings (SSSR count). The van der Waals surface area contributed by atoms with Gasteiger partial charge in [0.15, 0.2) is 9.44 Å². The summed E-state index contributed by atoms with van der Waals surface area (Å²) in [4.78, 5) is 13.3. The first-order chi connectivity index (χ1) is 13.4. The van der Waals surface area contributed by atoms with Crippen LogP contribution in [0.5, 0.6) is 0 Å². The summed E-state index contributed by atoms with van der Waals surface area (Å²) in [5.41, 5.74) is 6.86. The minimum Gasteiger partial charge on any atom is -0.383 e. The van der Waals surface area contributed by atoms with Gasteiger partial charge in [-0.2, -0.15) is 0 Å². The quantitative estimate of drug-likeness (QED) is 0.426. The molecule has 1 aromatic carbocycles. The van der Waals surface area contributed by atoms with E-state index in [0.29, 0.717) is 25.9 Å². The van der Waals surface area contributed by atoms with Gasteiger partial charge in [-0.3, -0.25) is 9.82 Å². The van der Waals surface area contributed by atoms with Crippen LogP contribution in [0.2, 0.25) is 0 Å². The molecule has 3 heterocycles. The Morgan fingerprint density at radius 2 is 2.00 bits per heavy atom. The molecule has 4 N–H and O–H groups in total. The molecule has 0 spiro atoms. The molecule has 0 saturated carbocycles. The van der Waals surface area contributed by atoms with Gasteiger partial charge in [0.25, 0.3) is 10.0 Å². The number of pyridine rings is 1. The minimum atomic E-state index is -3.75. The molecule has 0 saturated heterocycles. The number of nitrogen functional groups attached to an aromatic ring is 1. The van der Waals surface area contributed by atoms with Crippen molar-refractivity contribution in [2.75, 3.05) is 10.5 Å². The molecule has 0 unspecified atom stereocenters. The first kappa shape index (κ1) is 18.3. The summed E-state index contributed by atoms with van der Waals surface area (Å²) >= 11 is 6.41. The third-order valence-electron chi connectivity index (χ3n) is 3.60. The largest absolute Gasteiger partial charge is 0.383 e. The minimum absolute atomic E-state index is 0.0964. The van der Waals surface area contributed by atoms with Gasteiger partial charge in [0, 0.05) is 12.3 Å². The second-order valence-electron chi connectivity index (χ2n) is 5.58. The fraction of sp³-hybridized carbons (Fsp3) is 0. The van der Waals surface area contributed by atoms with Crippen LogP contribution in [-0.2, 0) is 10.0 Å². The summed E-state index contributed by atoms with van der Waals surface area (Å²) in [6, 6.07) is 12.7. The highest BCUT2D eigenvalue weighted by Crippen LogP contribution is 2.18. The molecule has 0 aliphatic carbocycles. The highest BCUT2D eigenvalue weighted by atomic mass is 32.2.